The van der Waals surface area contributed by atoms with Crippen LogP contribution in [0.1, 0.15) is 59.2 Å². The van der Waals surface area contributed by atoms with Gasteiger partial charge in [0, 0.05) is 13.1 Å². The number of thiophene rings is 1. The van der Waals surface area contributed by atoms with Crippen LogP contribution in [0, 0.1) is 12.8 Å². The summed E-state index contributed by atoms with van der Waals surface area (Å²) >= 11 is 1.05. The summed E-state index contributed by atoms with van der Waals surface area (Å²) in [5.74, 6) is -0.619. The molecule has 0 unspecified atom stereocenters. The number of rotatable bonds is 5. The van der Waals surface area contributed by atoms with E-state index >= 15 is 0 Å². The van der Waals surface area contributed by atoms with E-state index in [1.54, 1.807) is 25.7 Å². The first kappa shape index (κ1) is 20.2. The van der Waals surface area contributed by atoms with Crippen LogP contribution in [-0.4, -0.2) is 49.2 Å². The van der Waals surface area contributed by atoms with E-state index < -0.39 is 11.9 Å². The second-order valence-corrected chi connectivity index (χ2v) is 7.35. The minimum Gasteiger partial charge on any atom is -0.462 e. The Kier molecular flexibility index (Phi) is 7.02. The zero-order valence-corrected chi connectivity index (χ0v) is 16.5. The van der Waals surface area contributed by atoms with Crippen LogP contribution in [0.3, 0.4) is 0 Å². The number of piperidine rings is 1. The normalized spacial score (nSPS) is 16.9. The van der Waals surface area contributed by atoms with Crippen molar-refractivity contribution in [2.24, 2.45) is 5.92 Å². The molecule has 7 nitrogen and oxygen atoms in total. The number of nitrogens with one attached hydrogen (secondary N) is 1. The molecule has 2 amide bonds. The fourth-order valence-electron chi connectivity index (χ4n) is 2.99. The van der Waals surface area contributed by atoms with Gasteiger partial charge in [-0.15, -0.1) is 11.3 Å². The number of urea groups is 1. The number of likely N-dealkylation sites (tertiary alicyclic amines) is 1. The van der Waals surface area contributed by atoms with Crippen LogP contribution in [0.25, 0.3) is 0 Å². The number of hydrogen-bond donors (Lipinski definition) is 1. The summed E-state index contributed by atoms with van der Waals surface area (Å²) in [6, 6.07) is -0.265. The Labute approximate surface area is 157 Å². The summed E-state index contributed by atoms with van der Waals surface area (Å²) in [4.78, 5) is 39.2. The molecule has 0 aromatic carbocycles. The Balaban J connectivity index is 2.29. The minimum absolute atomic E-state index is 0.208. The van der Waals surface area contributed by atoms with E-state index in [2.05, 4.69) is 12.2 Å². The van der Waals surface area contributed by atoms with Gasteiger partial charge in [0.1, 0.15) is 9.88 Å². The third-order valence-electron chi connectivity index (χ3n) is 4.25. The molecule has 1 aliphatic rings. The van der Waals surface area contributed by atoms with Crippen molar-refractivity contribution in [1.82, 2.24) is 4.90 Å². The summed E-state index contributed by atoms with van der Waals surface area (Å²) in [5, 5.41) is 3.12. The van der Waals surface area contributed by atoms with Crippen LogP contribution in [0.4, 0.5) is 9.80 Å². The first-order valence-electron chi connectivity index (χ1n) is 8.92. The maximum atomic E-state index is 12.6. The van der Waals surface area contributed by atoms with E-state index in [-0.39, 0.29) is 24.8 Å². The van der Waals surface area contributed by atoms with Crippen molar-refractivity contribution in [3.8, 4) is 0 Å². The summed E-state index contributed by atoms with van der Waals surface area (Å²) in [7, 11) is 0. The highest BCUT2D eigenvalue weighted by atomic mass is 32.1. The lowest BCUT2D eigenvalue weighted by molar-refractivity contribution is 0.0527. The molecule has 1 fully saturated rings. The van der Waals surface area contributed by atoms with Gasteiger partial charge in [-0.1, -0.05) is 6.92 Å². The van der Waals surface area contributed by atoms with Gasteiger partial charge in [0.15, 0.2) is 0 Å². The van der Waals surface area contributed by atoms with Gasteiger partial charge in [-0.05, 0) is 45.1 Å². The topological polar surface area (TPSA) is 84.9 Å². The van der Waals surface area contributed by atoms with E-state index in [1.165, 1.54) is 0 Å². The van der Waals surface area contributed by atoms with Crippen LogP contribution in [0.15, 0.2) is 0 Å². The molecule has 0 saturated carbocycles. The van der Waals surface area contributed by atoms with Gasteiger partial charge in [0.2, 0.25) is 0 Å². The Hall–Kier alpha value is -2.09. The second-order valence-electron chi connectivity index (χ2n) is 6.32. The summed E-state index contributed by atoms with van der Waals surface area (Å²) < 4.78 is 10.1. The van der Waals surface area contributed by atoms with E-state index in [0.29, 0.717) is 34.4 Å². The molecule has 0 aliphatic carbocycles. The number of esters is 2. The SMILES string of the molecule is CCOC(=O)c1sc(NC(=O)N2CCC[C@@H](C)C2)c(C(=O)OCC)c1C. The molecule has 1 saturated heterocycles. The number of anilines is 1. The van der Waals surface area contributed by atoms with Crippen molar-refractivity contribution < 1.29 is 23.9 Å². The van der Waals surface area contributed by atoms with Gasteiger partial charge in [-0.25, -0.2) is 14.4 Å². The maximum Gasteiger partial charge on any atom is 0.348 e. The molecular weight excluding hydrogens is 356 g/mol. The van der Waals surface area contributed by atoms with Crippen molar-refractivity contribution in [1.29, 1.82) is 0 Å². The first-order valence-corrected chi connectivity index (χ1v) is 9.74. The maximum absolute atomic E-state index is 12.6. The van der Waals surface area contributed by atoms with Crippen LogP contribution >= 0.6 is 11.3 Å². The Morgan fingerprint density at radius 1 is 1.19 bits per heavy atom. The average molecular weight is 382 g/mol. The van der Waals surface area contributed by atoms with Crippen molar-refractivity contribution in [2.75, 3.05) is 31.6 Å². The van der Waals surface area contributed by atoms with Gasteiger partial charge < -0.3 is 14.4 Å². The molecule has 0 spiro atoms. The lowest BCUT2D eigenvalue weighted by atomic mass is 10.0. The van der Waals surface area contributed by atoms with Crippen molar-refractivity contribution in [3.05, 3.63) is 16.0 Å². The second kappa shape index (κ2) is 9.02. The Morgan fingerprint density at radius 3 is 2.46 bits per heavy atom. The summed E-state index contributed by atoms with van der Waals surface area (Å²) in [5.41, 5.74) is 0.688. The van der Waals surface area contributed by atoms with E-state index in [9.17, 15) is 14.4 Å². The highest BCUT2D eigenvalue weighted by Crippen LogP contribution is 2.34. The number of nitrogens with zero attached hydrogens (tertiary/aromatic N) is 1. The van der Waals surface area contributed by atoms with Gasteiger partial charge in [-0.3, -0.25) is 5.32 Å². The van der Waals surface area contributed by atoms with E-state index in [0.717, 1.165) is 24.2 Å². The summed E-state index contributed by atoms with van der Waals surface area (Å²) in [6.07, 6.45) is 2.06. The molecule has 1 aliphatic heterocycles. The fraction of sp³-hybridized carbons (Fsp3) is 0.611. The van der Waals surface area contributed by atoms with Crippen LogP contribution in [-0.2, 0) is 9.47 Å². The van der Waals surface area contributed by atoms with Crippen LogP contribution in [0.2, 0.25) is 0 Å². The van der Waals surface area contributed by atoms with Gasteiger partial charge >= 0.3 is 18.0 Å². The lowest BCUT2D eigenvalue weighted by Gasteiger charge is -2.30. The molecule has 8 heteroatoms. The Bertz CT molecular complexity index is 685. The quantitative estimate of drug-likeness (QED) is 0.785. The third kappa shape index (κ3) is 4.55. The first-order chi connectivity index (χ1) is 12.4. The molecule has 2 heterocycles. The molecule has 1 N–H and O–H groups in total. The van der Waals surface area contributed by atoms with Crippen molar-refractivity contribution in [2.45, 2.75) is 40.5 Å². The smallest absolute Gasteiger partial charge is 0.348 e. The predicted molar refractivity (Wildman–Crippen MR) is 100.0 cm³/mol. The third-order valence-corrected chi connectivity index (χ3v) is 5.44. The number of carbonyl (C=O) groups is 3. The molecule has 1 atom stereocenters. The average Bonchev–Trinajstić information content (AvgIpc) is 2.91. The Morgan fingerprint density at radius 2 is 1.85 bits per heavy atom. The summed E-state index contributed by atoms with van der Waals surface area (Å²) in [6.45, 7) is 8.99. The van der Waals surface area contributed by atoms with E-state index in [4.69, 9.17) is 9.47 Å². The van der Waals surface area contributed by atoms with E-state index in [1.807, 2.05) is 0 Å². The largest absolute Gasteiger partial charge is 0.462 e. The molecule has 1 aromatic heterocycles. The predicted octanol–water partition coefficient (Wildman–Crippen LogP) is 3.67. The van der Waals surface area contributed by atoms with Gasteiger partial charge in [-0.2, -0.15) is 0 Å². The number of amides is 2. The number of ether oxygens (including phenoxy) is 2. The highest BCUT2D eigenvalue weighted by Gasteiger charge is 2.29. The molecule has 2 rings (SSSR count). The molecule has 26 heavy (non-hydrogen) atoms. The molecule has 1 aromatic rings. The number of carbonyl (C=O) groups excluding carboxylic acids is 3. The van der Waals surface area contributed by atoms with Gasteiger partial charge in [0.25, 0.3) is 0 Å². The zero-order chi connectivity index (χ0) is 19.3. The van der Waals surface area contributed by atoms with Crippen molar-refractivity contribution >= 4 is 34.3 Å². The number of hydrogen-bond acceptors (Lipinski definition) is 6. The van der Waals surface area contributed by atoms with Gasteiger partial charge in [0.05, 0.1) is 18.8 Å². The molecule has 144 valence electrons. The van der Waals surface area contributed by atoms with Crippen molar-refractivity contribution in [3.63, 3.8) is 0 Å². The fourth-order valence-corrected chi connectivity index (χ4v) is 4.07. The standard InChI is InChI=1S/C18H26N2O5S/c1-5-24-16(21)13-12(4)14(17(22)25-6-2)26-15(13)19-18(23)20-9-7-8-11(3)10-20/h11H,5-10H2,1-4H3,(H,19,23)/t11-/m1/s1. The monoisotopic (exact) mass is 382 g/mol. The molecule has 0 radical (unpaired) electrons. The van der Waals surface area contributed by atoms with Crippen LogP contribution < -0.4 is 5.32 Å². The zero-order valence-electron chi connectivity index (χ0n) is 15.7. The molecule has 0 bridgehead atoms. The highest BCUT2D eigenvalue weighted by molar-refractivity contribution is 7.18. The van der Waals surface area contributed by atoms with Crippen LogP contribution in [0.5, 0.6) is 0 Å². The lowest BCUT2D eigenvalue weighted by Crippen LogP contribution is -2.41. The minimum atomic E-state index is -0.556. The molecular formula is C18H26N2O5S.